The van der Waals surface area contributed by atoms with Crippen LogP contribution in [0.15, 0.2) is 72.8 Å². The van der Waals surface area contributed by atoms with Crippen molar-refractivity contribution in [2.45, 2.75) is 31.0 Å². The van der Waals surface area contributed by atoms with Gasteiger partial charge in [-0.2, -0.15) is 0 Å². The van der Waals surface area contributed by atoms with E-state index in [1.54, 1.807) is 26.0 Å². The van der Waals surface area contributed by atoms with Crippen LogP contribution in [-0.4, -0.2) is 86.4 Å². The lowest BCUT2D eigenvalue weighted by Gasteiger charge is -2.36. The van der Waals surface area contributed by atoms with E-state index in [9.17, 15) is 14.4 Å². The topological polar surface area (TPSA) is 93.8 Å². The highest BCUT2D eigenvalue weighted by molar-refractivity contribution is 5.93. The van der Waals surface area contributed by atoms with Gasteiger partial charge in [-0.05, 0) is 21.9 Å². The zero-order valence-corrected chi connectivity index (χ0v) is 22.3. The SMILES string of the molecule is CNC(=O)[C@@H](Cc1ccccc1)N(C)C(=O)[C@@H](Cc1ccc2ccccc2c1)N(C)C(=O)[C@@H]1CNCCN1. The maximum Gasteiger partial charge on any atom is 0.246 e. The van der Waals surface area contributed by atoms with Crippen molar-refractivity contribution in [2.24, 2.45) is 0 Å². The number of likely N-dealkylation sites (N-methyl/N-ethyl adjacent to an activating group) is 3. The molecule has 1 fully saturated rings. The Bertz CT molecular complexity index is 1260. The van der Waals surface area contributed by atoms with Gasteiger partial charge in [0, 0.05) is 53.6 Å². The summed E-state index contributed by atoms with van der Waals surface area (Å²) in [6, 6.07) is 21.9. The van der Waals surface area contributed by atoms with E-state index in [-0.39, 0.29) is 17.7 Å². The summed E-state index contributed by atoms with van der Waals surface area (Å²) in [6.07, 6.45) is 0.708. The van der Waals surface area contributed by atoms with Crippen LogP contribution in [0.2, 0.25) is 0 Å². The number of amides is 3. The molecule has 0 radical (unpaired) electrons. The van der Waals surface area contributed by atoms with E-state index in [1.165, 1.54) is 4.90 Å². The molecule has 38 heavy (non-hydrogen) atoms. The monoisotopic (exact) mass is 515 g/mol. The molecular weight excluding hydrogens is 478 g/mol. The number of hydrogen-bond donors (Lipinski definition) is 3. The molecule has 3 aromatic rings. The maximum atomic E-state index is 14.1. The molecule has 200 valence electrons. The van der Waals surface area contributed by atoms with Crippen LogP contribution in [0.25, 0.3) is 10.8 Å². The maximum absolute atomic E-state index is 14.1. The third-order valence-corrected chi connectivity index (χ3v) is 7.32. The summed E-state index contributed by atoms with van der Waals surface area (Å²) in [5.41, 5.74) is 1.90. The second-order valence-electron chi connectivity index (χ2n) is 9.83. The molecule has 8 heteroatoms. The molecular formula is C30H37N5O3. The van der Waals surface area contributed by atoms with Crippen molar-refractivity contribution in [3.8, 4) is 0 Å². The van der Waals surface area contributed by atoms with E-state index in [1.807, 2.05) is 66.7 Å². The number of carbonyl (C=O) groups excluding carboxylic acids is 3. The summed E-state index contributed by atoms with van der Waals surface area (Å²) in [7, 11) is 4.90. The van der Waals surface area contributed by atoms with Gasteiger partial charge in [0.25, 0.3) is 0 Å². The van der Waals surface area contributed by atoms with Crippen LogP contribution in [-0.2, 0) is 27.2 Å². The molecule has 1 aliphatic heterocycles. The smallest absolute Gasteiger partial charge is 0.246 e. The second kappa shape index (κ2) is 12.7. The Morgan fingerprint density at radius 3 is 2.21 bits per heavy atom. The molecule has 0 spiro atoms. The van der Waals surface area contributed by atoms with Crippen molar-refractivity contribution in [3.05, 3.63) is 83.9 Å². The molecule has 0 aromatic heterocycles. The van der Waals surface area contributed by atoms with Gasteiger partial charge in [-0.3, -0.25) is 14.4 Å². The Morgan fingerprint density at radius 2 is 1.53 bits per heavy atom. The number of hydrogen-bond acceptors (Lipinski definition) is 5. The first-order valence-corrected chi connectivity index (χ1v) is 13.1. The quantitative estimate of drug-likeness (QED) is 0.403. The predicted octanol–water partition coefficient (Wildman–Crippen LogP) is 1.59. The first-order valence-electron chi connectivity index (χ1n) is 13.1. The Balaban J connectivity index is 1.64. The van der Waals surface area contributed by atoms with Crippen molar-refractivity contribution in [3.63, 3.8) is 0 Å². The summed E-state index contributed by atoms with van der Waals surface area (Å²) in [5, 5.41) is 11.4. The Hall–Kier alpha value is -3.75. The molecule has 3 aromatic carbocycles. The van der Waals surface area contributed by atoms with Crippen molar-refractivity contribution in [1.82, 2.24) is 25.8 Å². The van der Waals surface area contributed by atoms with E-state index >= 15 is 0 Å². The van der Waals surface area contributed by atoms with Crippen LogP contribution in [0.1, 0.15) is 11.1 Å². The number of piperazine rings is 1. The lowest BCUT2D eigenvalue weighted by Crippen LogP contribution is -2.61. The summed E-state index contributed by atoms with van der Waals surface area (Å²) in [4.78, 5) is 43.6. The first-order chi connectivity index (χ1) is 18.4. The predicted molar refractivity (Wildman–Crippen MR) is 150 cm³/mol. The Kier molecular flexibility index (Phi) is 9.10. The van der Waals surface area contributed by atoms with Crippen LogP contribution in [0.4, 0.5) is 0 Å². The number of rotatable bonds is 9. The fraction of sp³-hybridized carbons (Fsp3) is 0.367. The van der Waals surface area contributed by atoms with E-state index in [0.29, 0.717) is 25.9 Å². The molecule has 4 rings (SSSR count). The zero-order valence-electron chi connectivity index (χ0n) is 22.3. The normalized spacial score (nSPS) is 16.9. The average molecular weight is 516 g/mol. The third kappa shape index (κ3) is 6.38. The highest BCUT2D eigenvalue weighted by Gasteiger charge is 2.36. The first kappa shape index (κ1) is 27.3. The van der Waals surface area contributed by atoms with E-state index in [4.69, 9.17) is 0 Å². The number of carbonyl (C=O) groups is 3. The number of benzene rings is 3. The van der Waals surface area contributed by atoms with Gasteiger partial charge in [0.2, 0.25) is 17.7 Å². The Labute approximate surface area is 224 Å². The minimum Gasteiger partial charge on any atom is -0.357 e. The molecule has 0 saturated carbocycles. The van der Waals surface area contributed by atoms with Gasteiger partial charge in [0.05, 0.1) is 6.04 Å². The molecule has 1 heterocycles. The Morgan fingerprint density at radius 1 is 0.842 bits per heavy atom. The molecule has 1 aliphatic rings. The lowest BCUT2D eigenvalue weighted by molar-refractivity contribution is -0.148. The zero-order chi connectivity index (χ0) is 27.1. The van der Waals surface area contributed by atoms with Crippen LogP contribution in [0, 0.1) is 0 Å². The van der Waals surface area contributed by atoms with Gasteiger partial charge in [-0.15, -0.1) is 0 Å². The standard InChI is InChI=1S/C30H37N5O3/c1-31-28(36)26(18-21-9-5-4-6-10-21)34(2)30(38)27(35(3)29(37)25-20-32-15-16-33-25)19-22-13-14-23-11-7-8-12-24(23)17-22/h4-14,17,25-27,32-33H,15-16,18-20H2,1-3H3,(H,31,36)/t25-,26+,27+/m0/s1. The fourth-order valence-electron chi connectivity index (χ4n) is 5.00. The summed E-state index contributed by atoms with van der Waals surface area (Å²) in [5.74, 6) is -0.673. The van der Waals surface area contributed by atoms with Crippen molar-refractivity contribution in [1.29, 1.82) is 0 Å². The molecule has 0 unspecified atom stereocenters. The van der Waals surface area contributed by atoms with Crippen LogP contribution in [0.3, 0.4) is 0 Å². The summed E-state index contributed by atoms with van der Waals surface area (Å²) < 4.78 is 0. The minimum absolute atomic E-state index is 0.149. The summed E-state index contributed by atoms with van der Waals surface area (Å²) >= 11 is 0. The van der Waals surface area contributed by atoms with E-state index < -0.39 is 18.1 Å². The molecule has 3 N–H and O–H groups in total. The van der Waals surface area contributed by atoms with Crippen molar-refractivity contribution >= 4 is 28.5 Å². The third-order valence-electron chi connectivity index (χ3n) is 7.32. The lowest BCUT2D eigenvalue weighted by atomic mass is 9.98. The van der Waals surface area contributed by atoms with Gasteiger partial charge < -0.3 is 25.8 Å². The molecule has 0 bridgehead atoms. The van der Waals surface area contributed by atoms with Gasteiger partial charge in [0.1, 0.15) is 12.1 Å². The van der Waals surface area contributed by atoms with Gasteiger partial charge in [0.15, 0.2) is 0 Å². The van der Waals surface area contributed by atoms with E-state index in [2.05, 4.69) is 22.0 Å². The molecule has 8 nitrogen and oxygen atoms in total. The highest BCUT2D eigenvalue weighted by Crippen LogP contribution is 2.20. The number of nitrogens with one attached hydrogen (secondary N) is 3. The highest BCUT2D eigenvalue weighted by atomic mass is 16.2. The second-order valence-corrected chi connectivity index (χ2v) is 9.83. The fourth-order valence-corrected chi connectivity index (χ4v) is 5.00. The molecule has 0 aliphatic carbocycles. The summed E-state index contributed by atoms with van der Waals surface area (Å²) in [6.45, 7) is 1.98. The van der Waals surface area contributed by atoms with Crippen molar-refractivity contribution < 1.29 is 14.4 Å². The largest absolute Gasteiger partial charge is 0.357 e. The van der Waals surface area contributed by atoms with Gasteiger partial charge in [-0.25, -0.2) is 0 Å². The minimum atomic E-state index is -0.777. The number of fused-ring (bicyclic) bond motifs is 1. The molecule has 3 amide bonds. The van der Waals surface area contributed by atoms with Crippen molar-refractivity contribution in [2.75, 3.05) is 40.8 Å². The van der Waals surface area contributed by atoms with Gasteiger partial charge >= 0.3 is 0 Å². The van der Waals surface area contributed by atoms with Crippen LogP contribution in [0.5, 0.6) is 0 Å². The molecule has 3 atom stereocenters. The average Bonchev–Trinajstić information content (AvgIpc) is 2.97. The van der Waals surface area contributed by atoms with Crippen LogP contribution >= 0.6 is 0 Å². The van der Waals surface area contributed by atoms with E-state index in [0.717, 1.165) is 28.4 Å². The van der Waals surface area contributed by atoms with Crippen LogP contribution < -0.4 is 16.0 Å². The molecule has 1 saturated heterocycles. The number of nitrogens with zero attached hydrogens (tertiary/aromatic N) is 2. The van der Waals surface area contributed by atoms with Gasteiger partial charge in [-0.1, -0.05) is 72.8 Å².